The van der Waals surface area contributed by atoms with Crippen LogP contribution in [0.2, 0.25) is 0 Å². The second kappa shape index (κ2) is 4.55. The molecule has 0 unspecified atom stereocenters. The van der Waals surface area contributed by atoms with Gasteiger partial charge in [0, 0.05) is 0 Å². The lowest BCUT2D eigenvalue weighted by atomic mass is 9.80. The fraction of sp³-hybridized carbons (Fsp3) is 0.364. The van der Waals surface area contributed by atoms with Crippen molar-refractivity contribution in [2.45, 2.75) is 6.10 Å². The minimum Gasteiger partial charge on any atom is -0.665 e. The molecule has 2 N–H and O–H groups in total. The van der Waals surface area contributed by atoms with Gasteiger partial charge in [-0.25, -0.2) is 0 Å². The van der Waals surface area contributed by atoms with Gasteiger partial charge in [-0.2, -0.15) is 0 Å². The average Bonchev–Trinajstić information content (AvgIpc) is 2.31. The molecule has 2 aliphatic heterocycles. The molecule has 108 valence electrons. The van der Waals surface area contributed by atoms with E-state index in [2.05, 4.69) is 0 Å². The number of aromatic carboxylic acids is 1. The Bertz CT molecular complexity index is 554. The van der Waals surface area contributed by atoms with Gasteiger partial charge in [0.05, 0.1) is 31.3 Å². The van der Waals surface area contributed by atoms with Gasteiger partial charge >= 0.3 is 6.75 Å². The summed E-state index contributed by atoms with van der Waals surface area (Å²) in [5.41, 5.74) is -0.413. The fourth-order valence-corrected chi connectivity index (χ4v) is 1.95. The van der Waals surface area contributed by atoms with E-state index >= 15 is 0 Å². The largest absolute Gasteiger partial charge is 0.665 e. The van der Waals surface area contributed by atoms with Crippen LogP contribution in [0.1, 0.15) is 10.4 Å². The molecule has 0 radical (unpaired) electrons. The summed E-state index contributed by atoms with van der Waals surface area (Å²) < 4.78 is 20.3. The van der Waals surface area contributed by atoms with Gasteiger partial charge in [-0.3, -0.25) is 0 Å². The Morgan fingerprint density at radius 1 is 1.40 bits per heavy atom. The first-order chi connectivity index (χ1) is 9.46. The van der Waals surface area contributed by atoms with Gasteiger partial charge in [-0.15, -0.1) is 0 Å². The van der Waals surface area contributed by atoms with Crippen molar-refractivity contribution >= 4 is 12.7 Å². The molecule has 2 aliphatic rings. The van der Waals surface area contributed by atoms with Crippen LogP contribution in [0.15, 0.2) is 12.1 Å². The van der Waals surface area contributed by atoms with Crippen molar-refractivity contribution < 1.29 is 38.8 Å². The summed E-state index contributed by atoms with van der Waals surface area (Å²) in [6.45, 7) is -3.03. The highest BCUT2D eigenvalue weighted by Crippen LogP contribution is 2.41. The minimum atomic E-state index is -3.26. The van der Waals surface area contributed by atoms with E-state index in [9.17, 15) is 19.9 Å². The third kappa shape index (κ3) is 2.26. The molecule has 0 bridgehead atoms. The van der Waals surface area contributed by atoms with Crippen LogP contribution in [0, 0.1) is 0 Å². The predicted octanol–water partition coefficient (Wildman–Crippen LogP) is -1.94. The van der Waals surface area contributed by atoms with Crippen LogP contribution in [0.4, 0.5) is 0 Å². The number of ether oxygens (including phenoxy) is 3. The summed E-state index contributed by atoms with van der Waals surface area (Å²) in [4.78, 5) is 11.3. The maximum atomic E-state index is 11.3. The summed E-state index contributed by atoms with van der Waals surface area (Å²) in [6, 6.07) is 2.84. The summed E-state index contributed by atoms with van der Waals surface area (Å²) in [5, 5.41) is 30.2. The molecule has 8 nitrogen and oxygen atoms in total. The second-order valence-electron chi connectivity index (χ2n) is 4.62. The molecule has 1 aromatic rings. The highest BCUT2D eigenvalue weighted by atomic mass is 16.7. The van der Waals surface area contributed by atoms with E-state index in [4.69, 9.17) is 18.9 Å². The predicted molar refractivity (Wildman–Crippen MR) is 62.3 cm³/mol. The number of hydrogen-bond acceptors (Lipinski definition) is 8. The van der Waals surface area contributed by atoms with E-state index in [1.165, 1.54) is 12.1 Å². The lowest BCUT2D eigenvalue weighted by Crippen LogP contribution is -2.51. The van der Waals surface area contributed by atoms with Crippen molar-refractivity contribution in [1.82, 2.24) is 0 Å². The van der Waals surface area contributed by atoms with Crippen molar-refractivity contribution in [3.8, 4) is 17.2 Å². The lowest BCUT2D eigenvalue weighted by molar-refractivity contribution is -0.255. The molecule has 0 atom stereocenters. The van der Waals surface area contributed by atoms with E-state index in [1.54, 1.807) is 0 Å². The van der Waals surface area contributed by atoms with Crippen LogP contribution in [-0.2, 0) is 4.74 Å². The Kier molecular flexibility index (Phi) is 2.96. The number of fused-ring (bicyclic) bond motifs is 1. The van der Waals surface area contributed by atoms with Crippen molar-refractivity contribution in [3.05, 3.63) is 17.7 Å². The first kappa shape index (κ1) is 13.0. The monoisotopic (exact) mass is 282 g/mol. The zero-order valence-corrected chi connectivity index (χ0v) is 10.3. The third-order valence-corrected chi connectivity index (χ3v) is 2.95. The van der Waals surface area contributed by atoms with Crippen LogP contribution < -0.4 is 19.2 Å². The second-order valence-corrected chi connectivity index (χ2v) is 4.62. The average molecular weight is 282 g/mol. The molecule has 0 aromatic heterocycles. The zero-order chi connectivity index (χ0) is 14.3. The SMILES string of the molecule is O=C([O-])c1c(OC2COC2)ccc2c1O[B-](O)(O)CO2. The normalized spacial score (nSPS) is 20.1. The molecular weight excluding hydrogens is 271 g/mol. The number of benzene rings is 1. The number of carboxylic acids is 1. The Labute approximate surface area is 113 Å². The number of rotatable bonds is 3. The van der Waals surface area contributed by atoms with Gasteiger partial charge < -0.3 is 38.8 Å². The summed E-state index contributed by atoms with van der Waals surface area (Å²) >= 11 is 0. The van der Waals surface area contributed by atoms with Crippen molar-refractivity contribution in [1.29, 1.82) is 0 Å². The Hall–Kier alpha value is -1.97. The molecule has 0 aliphatic carbocycles. The fourth-order valence-electron chi connectivity index (χ4n) is 1.95. The Morgan fingerprint density at radius 2 is 2.15 bits per heavy atom. The molecule has 20 heavy (non-hydrogen) atoms. The quantitative estimate of drug-likeness (QED) is 0.615. The van der Waals surface area contributed by atoms with Crippen molar-refractivity contribution in [2.24, 2.45) is 0 Å². The third-order valence-electron chi connectivity index (χ3n) is 2.95. The highest BCUT2D eigenvalue weighted by Gasteiger charge is 2.33. The van der Waals surface area contributed by atoms with Crippen molar-refractivity contribution in [2.75, 3.05) is 19.7 Å². The topological polar surface area (TPSA) is 118 Å². The standard InChI is InChI=1S/C11H12BO8/c13-11(14)9-7(19-6-3-17-4-6)1-2-8-10(9)20-12(15,16)5-18-8/h1-2,6,15-16H,3-5H2,(H,13,14)/q-1/p-1. The van der Waals surface area contributed by atoms with Crippen LogP contribution in [-0.4, -0.2) is 48.6 Å². The van der Waals surface area contributed by atoms with E-state index in [1.807, 2.05) is 0 Å². The van der Waals surface area contributed by atoms with Gasteiger partial charge in [-0.1, -0.05) is 0 Å². The van der Waals surface area contributed by atoms with Gasteiger partial charge in [0.1, 0.15) is 17.6 Å². The van der Waals surface area contributed by atoms with Crippen LogP contribution >= 0.6 is 0 Å². The summed E-state index contributed by atoms with van der Waals surface area (Å²) in [5.74, 6) is -1.77. The lowest BCUT2D eigenvalue weighted by Gasteiger charge is -2.38. The maximum Gasteiger partial charge on any atom is 0.467 e. The molecule has 3 rings (SSSR count). The Balaban J connectivity index is 2.01. The first-order valence-electron chi connectivity index (χ1n) is 6.01. The molecule has 1 fully saturated rings. The van der Waals surface area contributed by atoms with Gasteiger partial charge in [0.15, 0.2) is 5.75 Å². The molecule has 2 heterocycles. The molecule has 0 saturated carbocycles. The van der Waals surface area contributed by atoms with Crippen LogP contribution in [0.3, 0.4) is 0 Å². The number of carboxylic acid groups (broad SMARTS) is 1. The Morgan fingerprint density at radius 3 is 2.75 bits per heavy atom. The van der Waals surface area contributed by atoms with Gasteiger partial charge in [-0.05, 0) is 12.1 Å². The number of carbonyl (C=O) groups is 1. The zero-order valence-electron chi connectivity index (χ0n) is 10.3. The van der Waals surface area contributed by atoms with Crippen LogP contribution in [0.5, 0.6) is 17.2 Å². The molecule has 0 amide bonds. The van der Waals surface area contributed by atoms with Crippen molar-refractivity contribution in [3.63, 3.8) is 0 Å². The minimum absolute atomic E-state index is 0.00847. The number of carbonyl (C=O) groups excluding carboxylic acids is 1. The summed E-state index contributed by atoms with van der Waals surface area (Å²) in [7, 11) is 0. The van der Waals surface area contributed by atoms with E-state index < -0.39 is 24.8 Å². The smallest absolute Gasteiger partial charge is 0.467 e. The molecule has 1 aromatic carbocycles. The molecule has 9 heteroatoms. The maximum absolute atomic E-state index is 11.3. The first-order valence-corrected chi connectivity index (χ1v) is 6.01. The molecule has 1 saturated heterocycles. The molecular formula is C11H11BO8-2. The molecule has 0 spiro atoms. The van der Waals surface area contributed by atoms with E-state index in [0.717, 1.165) is 0 Å². The van der Waals surface area contributed by atoms with E-state index in [0.29, 0.717) is 13.2 Å². The number of hydrogen-bond donors (Lipinski definition) is 2. The summed E-state index contributed by atoms with van der Waals surface area (Å²) in [6.07, 6.45) is -0.255. The van der Waals surface area contributed by atoms with E-state index in [-0.39, 0.29) is 23.4 Å². The highest BCUT2D eigenvalue weighted by molar-refractivity contribution is 6.58. The van der Waals surface area contributed by atoms with Gasteiger partial charge in [0.2, 0.25) is 0 Å². The van der Waals surface area contributed by atoms with Gasteiger partial charge in [0.25, 0.3) is 0 Å². The van der Waals surface area contributed by atoms with Crippen LogP contribution in [0.25, 0.3) is 0 Å².